The summed E-state index contributed by atoms with van der Waals surface area (Å²) >= 11 is 1.55. The molecule has 104 valence electrons. The molecule has 1 atom stereocenters. The minimum Gasteiger partial charge on any atom is -0.505 e. The van der Waals surface area contributed by atoms with E-state index in [2.05, 4.69) is 5.32 Å². The Morgan fingerprint density at radius 1 is 1.63 bits per heavy atom. The zero-order valence-corrected chi connectivity index (χ0v) is 11.1. The number of hydrogen-bond donors (Lipinski definition) is 3. The maximum Gasteiger partial charge on any atom is 0.296 e. The number of aromatic hydroxyl groups is 1. The van der Waals surface area contributed by atoms with Crippen molar-refractivity contribution in [3.05, 3.63) is 28.3 Å². The normalized spacial score (nSPS) is 11.9. The summed E-state index contributed by atoms with van der Waals surface area (Å²) in [6.45, 7) is 0. The number of nitro benzene ring substituents is 1. The number of carbonyl (C=O) groups excluding carboxylic acids is 1. The lowest BCUT2D eigenvalue weighted by Crippen LogP contribution is -2.36. The smallest absolute Gasteiger partial charge is 0.296 e. The first-order valence-electron chi connectivity index (χ1n) is 5.49. The fourth-order valence-corrected chi connectivity index (χ4v) is 1.89. The zero-order chi connectivity index (χ0) is 14.4. The van der Waals surface area contributed by atoms with E-state index in [1.54, 1.807) is 11.8 Å². The van der Waals surface area contributed by atoms with Crippen molar-refractivity contribution in [3.63, 3.8) is 0 Å². The predicted octanol–water partition coefficient (Wildman–Crippen LogP) is 1.32. The van der Waals surface area contributed by atoms with Crippen LogP contribution in [0.2, 0.25) is 0 Å². The van der Waals surface area contributed by atoms with Gasteiger partial charge in [0.25, 0.3) is 5.69 Å². The van der Waals surface area contributed by atoms with E-state index in [1.165, 1.54) is 18.2 Å². The quantitative estimate of drug-likeness (QED) is 0.412. The number of para-hydroxylation sites is 1. The Hall–Kier alpha value is -1.80. The molecule has 4 N–H and O–H groups in total. The molecule has 0 saturated heterocycles. The molecule has 0 aliphatic heterocycles. The van der Waals surface area contributed by atoms with Gasteiger partial charge in [-0.1, -0.05) is 6.07 Å². The Morgan fingerprint density at radius 3 is 2.89 bits per heavy atom. The highest BCUT2D eigenvalue weighted by atomic mass is 32.2. The highest BCUT2D eigenvalue weighted by Gasteiger charge is 2.22. The van der Waals surface area contributed by atoms with Gasteiger partial charge in [-0.2, -0.15) is 11.8 Å². The number of anilines is 1. The summed E-state index contributed by atoms with van der Waals surface area (Å²) in [5.41, 5.74) is 5.06. The van der Waals surface area contributed by atoms with Gasteiger partial charge >= 0.3 is 0 Å². The highest BCUT2D eigenvalue weighted by molar-refractivity contribution is 7.98. The van der Waals surface area contributed by atoms with E-state index in [-0.39, 0.29) is 17.1 Å². The summed E-state index contributed by atoms with van der Waals surface area (Å²) in [5.74, 6) is -0.212. The predicted molar refractivity (Wildman–Crippen MR) is 74.4 cm³/mol. The van der Waals surface area contributed by atoms with Gasteiger partial charge in [0.1, 0.15) is 5.75 Å². The minimum atomic E-state index is -0.772. The molecule has 0 bridgehead atoms. The second kappa shape index (κ2) is 6.95. The topological polar surface area (TPSA) is 118 Å². The molecule has 1 rings (SSSR count). The maximum atomic E-state index is 11.8. The molecule has 0 fully saturated rings. The molecular weight excluding hydrogens is 270 g/mol. The Bertz CT molecular complexity index is 481. The number of nitrogens with zero attached hydrogens (tertiary/aromatic N) is 1. The lowest BCUT2D eigenvalue weighted by atomic mass is 10.2. The number of nitro groups is 1. The monoisotopic (exact) mass is 285 g/mol. The minimum absolute atomic E-state index is 0.225. The summed E-state index contributed by atoms with van der Waals surface area (Å²) in [4.78, 5) is 21.9. The molecule has 0 aromatic heterocycles. The molecule has 0 aliphatic rings. The van der Waals surface area contributed by atoms with E-state index in [9.17, 15) is 20.0 Å². The van der Waals surface area contributed by atoms with Crippen LogP contribution in [0.1, 0.15) is 6.42 Å². The van der Waals surface area contributed by atoms with E-state index < -0.39 is 16.9 Å². The Kier molecular flexibility index (Phi) is 5.58. The molecule has 0 radical (unpaired) electrons. The van der Waals surface area contributed by atoms with Crippen molar-refractivity contribution in [2.24, 2.45) is 5.73 Å². The summed E-state index contributed by atoms with van der Waals surface area (Å²) in [6, 6.07) is 3.02. The van der Waals surface area contributed by atoms with Crippen molar-refractivity contribution >= 4 is 29.0 Å². The lowest BCUT2D eigenvalue weighted by Gasteiger charge is -2.12. The third kappa shape index (κ3) is 4.11. The van der Waals surface area contributed by atoms with E-state index in [1.807, 2.05) is 6.26 Å². The van der Waals surface area contributed by atoms with Crippen LogP contribution in [0.15, 0.2) is 18.2 Å². The lowest BCUT2D eigenvalue weighted by molar-refractivity contribution is -0.384. The molecule has 1 aromatic rings. The Balaban J connectivity index is 2.87. The van der Waals surface area contributed by atoms with Crippen molar-refractivity contribution in [1.82, 2.24) is 0 Å². The van der Waals surface area contributed by atoms with Crippen LogP contribution in [0.25, 0.3) is 0 Å². The molecule has 0 aliphatic carbocycles. The number of thioether (sulfide) groups is 1. The zero-order valence-electron chi connectivity index (χ0n) is 10.3. The van der Waals surface area contributed by atoms with Crippen molar-refractivity contribution in [1.29, 1.82) is 0 Å². The van der Waals surface area contributed by atoms with Crippen LogP contribution in [0.3, 0.4) is 0 Å². The first-order chi connectivity index (χ1) is 8.97. The largest absolute Gasteiger partial charge is 0.505 e. The average molecular weight is 285 g/mol. The number of phenols is 1. The number of carbonyl (C=O) groups is 1. The maximum absolute atomic E-state index is 11.8. The van der Waals surface area contributed by atoms with Gasteiger partial charge in [-0.05, 0) is 24.5 Å². The van der Waals surface area contributed by atoms with Crippen molar-refractivity contribution in [2.45, 2.75) is 12.5 Å². The number of nitrogens with one attached hydrogen (secondary N) is 1. The molecule has 0 heterocycles. The second-order valence-electron chi connectivity index (χ2n) is 3.81. The first kappa shape index (κ1) is 15.3. The van der Waals surface area contributed by atoms with Gasteiger partial charge in [0.15, 0.2) is 5.69 Å². The van der Waals surface area contributed by atoms with Gasteiger partial charge in [-0.15, -0.1) is 0 Å². The van der Waals surface area contributed by atoms with Gasteiger partial charge in [-0.3, -0.25) is 14.9 Å². The third-order valence-electron chi connectivity index (χ3n) is 2.44. The molecule has 19 heavy (non-hydrogen) atoms. The van der Waals surface area contributed by atoms with Gasteiger partial charge in [0, 0.05) is 6.07 Å². The van der Waals surface area contributed by atoms with Crippen molar-refractivity contribution in [2.75, 3.05) is 17.3 Å². The summed E-state index contributed by atoms with van der Waals surface area (Å²) < 4.78 is 0. The number of nitrogens with two attached hydrogens (primary N) is 1. The number of benzene rings is 1. The van der Waals surface area contributed by atoms with Crippen molar-refractivity contribution in [3.8, 4) is 5.75 Å². The van der Waals surface area contributed by atoms with E-state index in [0.29, 0.717) is 12.2 Å². The average Bonchev–Trinajstić information content (AvgIpc) is 2.37. The molecule has 1 amide bonds. The Labute approximate surface area is 114 Å². The van der Waals surface area contributed by atoms with Crippen molar-refractivity contribution < 1.29 is 14.8 Å². The Morgan fingerprint density at radius 2 is 2.32 bits per heavy atom. The van der Waals surface area contributed by atoms with Crippen LogP contribution in [-0.4, -0.2) is 34.0 Å². The molecule has 8 heteroatoms. The molecule has 0 unspecified atom stereocenters. The number of hydrogen-bond acceptors (Lipinski definition) is 6. The standard InChI is InChI=1S/C11H15N3O4S/c1-19-6-5-7(12)11(16)13-10-8(14(17)18)3-2-4-9(10)15/h2-4,7,15H,5-6,12H2,1H3,(H,13,16)/t7-/m0/s1. The van der Waals surface area contributed by atoms with E-state index >= 15 is 0 Å². The summed E-state index contributed by atoms with van der Waals surface area (Å²) in [5, 5.41) is 22.7. The van der Waals surface area contributed by atoms with E-state index in [0.717, 1.165) is 0 Å². The summed E-state index contributed by atoms with van der Waals surface area (Å²) in [6.07, 6.45) is 2.34. The summed E-state index contributed by atoms with van der Waals surface area (Å²) in [7, 11) is 0. The second-order valence-corrected chi connectivity index (χ2v) is 4.79. The number of rotatable bonds is 6. The fraction of sp³-hybridized carbons (Fsp3) is 0.364. The fourth-order valence-electron chi connectivity index (χ4n) is 1.40. The number of amides is 1. The van der Waals surface area contributed by atoms with Crippen LogP contribution in [0, 0.1) is 10.1 Å². The van der Waals surface area contributed by atoms with Crippen LogP contribution < -0.4 is 11.1 Å². The van der Waals surface area contributed by atoms with Crippen LogP contribution in [-0.2, 0) is 4.79 Å². The van der Waals surface area contributed by atoms with Gasteiger partial charge in [0.2, 0.25) is 5.91 Å². The van der Waals surface area contributed by atoms with Crippen LogP contribution >= 0.6 is 11.8 Å². The van der Waals surface area contributed by atoms with Gasteiger partial charge in [-0.25, -0.2) is 0 Å². The van der Waals surface area contributed by atoms with Gasteiger partial charge in [0.05, 0.1) is 11.0 Å². The van der Waals surface area contributed by atoms with Crippen LogP contribution in [0.4, 0.5) is 11.4 Å². The van der Waals surface area contributed by atoms with Gasteiger partial charge < -0.3 is 16.2 Å². The van der Waals surface area contributed by atoms with Crippen LogP contribution in [0.5, 0.6) is 5.75 Å². The first-order valence-corrected chi connectivity index (χ1v) is 6.88. The molecule has 0 saturated carbocycles. The van der Waals surface area contributed by atoms with E-state index in [4.69, 9.17) is 5.73 Å². The SMILES string of the molecule is CSCC[C@H](N)C(=O)Nc1c(O)cccc1[N+](=O)[O-]. The third-order valence-corrected chi connectivity index (χ3v) is 3.08. The molecular formula is C11H15N3O4S. The molecule has 7 nitrogen and oxygen atoms in total. The molecule has 1 aromatic carbocycles. The highest BCUT2D eigenvalue weighted by Crippen LogP contribution is 2.33. The molecule has 0 spiro atoms. The number of phenolic OH excluding ortho intramolecular Hbond substituents is 1.